The van der Waals surface area contributed by atoms with E-state index in [0.29, 0.717) is 5.56 Å². The fraction of sp³-hybridized carbons (Fsp3) is 0.217. The number of para-hydroxylation sites is 1. The zero-order valence-corrected chi connectivity index (χ0v) is 16.1. The third-order valence-corrected chi connectivity index (χ3v) is 4.67. The van der Waals surface area contributed by atoms with Gasteiger partial charge in [0.2, 0.25) is 0 Å². The molecule has 142 valence electrons. The lowest BCUT2D eigenvalue weighted by Gasteiger charge is -2.19. The molecule has 4 rings (SSSR count). The van der Waals surface area contributed by atoms with Crippen molar-refractivity contribution in [2.24, 2.45) is 0 Å². The van der Waals surface area contributed by atoms with Crippen LogP contribution in [0.15, 0.2) is 67.0 Å². The molecule has 0 unspecified atom stereocenters. The molecule has 0 saturated heterocycles. The van der Waals surface area contributed by atoms with Gasteiger partial charge in [0.1, 0.15) is 5.75 Å². The van der Waals surface area contributed by atoms with E-state index in [-0.39, 0.29) is 12.0 Å². The van der Waals surface area contributed by atoms with E-state index in [2.05, 4.69) is 33.4 Å². The number of amides is 1. The Balaban J connectivity index is 1.49. The van der Waals surface area contributed by atoms with Gasteiger partial charge >= 0.3 is 0 Å². The first kappa shape index (κ1) is 18.0. The predicted molar refractivity (Wildman–Crippen MR) is 112 cm³/mol. The Labute approximate surface area is 165 Å². The molecule has 2 aromatic carbocycles. The molecule has 0 saturated carbocycles. The van der Waals surface area contributed by atoms with Crippen LogP contribution < -0.4 is 15.0 Å². The van der Waals surface area contributed by atoms with E-state index >= 15 is 0 Å². The molecule has 5 nitrogen and oxygen atoms in total. The summed E-state index contributed by atoms with van der Waals surface area (Å²) in [4.78, 5) is 19.2. The van der Waals surface area contributed by atoms with Gasteiger partial charge in [0, 0.05) is 24.1 Å². The van der Waals surface area contributed by atoms with Crippen LogP contribution in [0.25, 0.3) is 0 Å². The number of hydrogen-bond donors (Lipinski definition) is 1. The van der Waals surface area contributed by atoms with Crippen molar-refractivity contribution in [1.29, 1.82) is 0 Å². The van der Waals surface area contributed by atoms with Crippen molar-refractivity contribution < 1.29 is 9.53 Å². The number of pyridine rings is 1. The quantitative estimate of drug-likeness (QED) is 0.697. The number of aromatic nitrogens is 1. The first-order valence-corrected chi connectivity index (χ1v) is 9.49. The summed E-state index contributed by atoms with van der Waals surface area (Å²) in [6.07, 6.45) is 4.51. The minimum absolute atomic E-state index is 0.116. The summed E-state index contributed by atoms with van der Waals surface area (Å²) < 4.78 is 5.63. The Morgan fingerprint density at radius 3 is 2.68 bits per heavy atom. The van der Waals surface area contributed by atoms with Gasteiger partial charge in [-0.3, -0.25) is 9.78 Å². The van der Waals surface area contributed by atoms with Gasteiger partial charge in [0.05, 0.1) is 23.6 Å². The summed E-state index contributed by atoms with van der Waals surface area (Å²) in [7, 11) is 0. The number of ether oxygens (including phenoxy) is 1. The van der Waals surface area contributed by atoms with Crippen molar-refractivity contribution in [2.45, 2.75) is 26.4 Å². The van der Waals surface area contributed by atoms with Gasteiger partial charge in [-0.2, -0.15) is 0 Å². The number of fused-ring (bicyclic) bond motifs is 1. The van der Waals surface area contributed by atoms with Gasteiger partial charge in [-0.15, -0.1) is 0 Å². The summed E-state index contributed by atoms with van der Waals surface area (Å²) in [5.41, 5.74) is 4.68. The first-order chi connectivity index (χ1) is 13.6. The molecule has 0 aliphatic carbocycles. The standard InChI is InChI=1S/C23H23N3O2/c1-16(2)28-21-9-7-19(8-10-21)25-23(27)18-13-20(15-24-14-18)26-12-11-17-5-3-4-6-22(17)26/h3-10,13-16H,11-12H2,1-2H3,(H,25,27). The Morgan fingerprint density at radius 2 is 1.89 bits per heavy atom. The highest BCUT2D eigenvalue weighted by atomic mass is 16.5. The van der Waals surface area contributed by atoms with E-state index in [4.69, 9.17) is 4.74 Å². The highest BCUT2D eigenvalue weighted by Crippen LogP contribution is 2.34. The fourth-order valence-corrected chi connectivity index (χ4v) is 3.40. The second-order valence-corrected chi connectivity index (χ2v) is 7.11. The predicted octanol–water partition coefficient (Wildman–Crippen LogP) is 4.82. The molecule has 1 N–H and O–H groups in total. The van der Waals surface area contributed by atoms with Crippen molar-refractivity contribution in [3.8, 4) is 5.75 Å². The molecule has 28 heavy (non-hydrogen) atoms. The van der Waals surface area contributed by atoms with Crippen molar-refractivity contribution in [3.63, 3.8) is 0 Å². The Kier molecular flexibility index (Phi) is 4.98. The summed E-state index contributed by atoms with van der Waals surface area (Å²) >= 11 is 0. The number of benzene rings is 2. The van der Waals surface area contributed by atoms with Crippen LogP contribution >= 0.6 is 0 Å². The maximum Gasteiger partial charge on any atom is 0.257 e. The number of carbonyl (C=O) groups excluding carboxylic acids is 1. The van der Waals surface area contributed by atoms with E-state index in [1.54, 1.807) is 12.4 Å². The van der Waals surface area contributed by atoms with Crippen LogP contribution in [0.5, 0.6) is 5.75 Å². The van der Waals surface area contributed by atoms with Crippen LogP contribution in [-0.4, -0.2) is 23.5 Å². The monoisotopic (exact) mass is 373 g/mol. The lowest BCUT2D eigenvalue weighted by Crippen LogP contribution is -2.16. The third-order valence-electron chi connectivity index (χ3n) is 4.67. The van der Waals surface area contributed by atoms with Crippen LogP contribution in [0.1, 0.15) is 29.8 Å². The average Bonchev–Trinajstić information content (AvgIpc) is 3.13. The molecular weight excluding hydrogens is 350 g/mol. The number of nitrogens with zero attached hydrogens (tertiary/aromatic N) is 2. The molecule has 0 fully saturated rings. The van der Waals surface area contributed by atoms with Crippen LogP contribution in [0.3, 0.4) is 0 Å². The van der Waals surface area contributed by atoms with E-state index < -0.39 is 0 Å². The molecule has 5 heteroatoms. The topological polar surface area (TPSA) is 54.5 Å². The number of nitrogens with one attached hydrogen (secondary N) is 1. The Hall–Kier alpha value is -3.34. The number of anilines is 3. The molecule has 1 aliphatic heterocycles. The van der Waals surface area contributed by atoms with E-state index in [0.717, 1.165) is 30.1 Å². The molecule has 0 spiro atoms. The lowest BCUT2D eigenvalue weighted by molar-refractivity contribution is 0.102. The smallest absolute Gasteiger partial charge is 0.257 e. The van der Waals surface area contributed by atoms with Crippen LogP contribution in [0, 0.1) is 0 Å². The van der Waals surface area contributed by atoms with Crippen molar-refractivity contribution in [3.05, 3.63) is 78.1 Å². The second kappa shape index (κ2) is 7.72. The fourth-order valence-electron chi connectivity index (χ4n) is 3.40. The molecule has 1 amide bonds. The van der Waals surface area contributed by atoms with Gasteiger partial charge < -0.3 is 15.0 Å². The van der Waals surface area contributed by atoms with E-state index in [9.17, 15) is 4.79 Å². The summed E-state index contributed by atoms with van der Waals surface area (Å²) in [5.74, 6) is 0.601. The van der Waals surface area contributed by atoms with Gasteiger partial charge in [-0.25, -0.2) is 0 Å². The van der Waals surface area contributed by atoms with Crippen molar-refractivity contribution in [1.82, 2.24) is 4.98 Å². The van der Waals surface area contributed by atoms with Gasteiger partial charge in [-0.1, -0.05) is 18.2 Å². The highest BCUT2D eigenvalue weighted by Gasteiger charge is 2.21. The molecular formula is C23H23N3O2. The molecule has 0 atom stereocenters. The minimum Gasteiger partial charge on any atom is -0.491 e. The molecule has 1 aliphatic rings. The number of rotatable bonds is 5. The normalized spacial score (nSPS) is 12.8. The zero-order valence-electron chi connectivity index (χ0n) is 16.1. The highest BCUT2D eigenvalue weighted by molar-refractivity contribution is 6.04. The number of hydrogen-bond acceptors (Lipinski definition) is 4. The number of carbonyl (C=O) groups is 1. The Morgan fingerprint density at radius 1 is 1.11 bits per heavy atom. The van der Waals surface area contributed by atoms with Gasteiger partial charge in [-0.05, 0) is 62.2 Å². The van der Waals surface area contributed by atoms with E-state index in [1.807, 2.05) is 50.2 Å². The van der Waals surface area contributed by atoms with E-state index in [1.165, 1.54) is 11.3 Å². The maximum atomic E-state index is 12.7. The molecule has 0 radical (unpaired) electrons. The largest absolute Gasteiger partial charge is 0.491 e. The molecule has 0 bridgehead atoms. The third kappa shape index (κ3) is 3.83. The zero-order chi connectivity index (χ0) is 19.5. The SMILES string of the molecule is CC(C)Oc1ccc(NC(=O)c2cncc(N3CCc4ccccc43)c2)cc1. The van der Waals surface area contributed by atoms with Crippen LogP contribution in [0.4, 0.5) is 17.1 Å². The van der Waals surface area contributed by atoms with Crippen LogP contribution in [0.2, 0.25) is 0 Å². The van der Waals surface area contributed by atoms with Gasteiger partial charge in [0.25, 0.3) is 5.91 Å². The summed E-state index contributed by atoms with van der Waals surface area (Å²) in [5, 5.41) is 2.92. The summed E-state index contributed by atoms with van der Waals surface area (Å²) in [6.45, 7) is 4.85. The molecule has 3 aromatic rings. The van der Waals surface area contributed by atoms with Crippen molar-refractivity contribution in [2.75, 3.05) is 16.8 Å². The van der Waals surface area contributed by atoms with Crippen LogP contribution in [-0.2, 0) is 6.42 Å². The molecule has 2 heterocycles. The lowest BCUT2D eigenvalue weighted by atomic mass is 10.2. The molecule has 1 aromatic heterocycles. The summed E-state index contributed by atoms with van der Waals surface area (Å²) in [6, 6.07) is 17.6. The van der Waals surface area contributed by atoms with Crippen molar-refractivity contribution >= 4 is 23.0 Å². The first-order valence-electron chi connectivity index (χ1n) is 9.49. The average molecular weight is 373 g/mol. The minimum atomic E-state index is -0.181. The van der Waals surface area contributed by atoms with Gasteiger partial charge in [0.15, 0.2) is 0 Å². The maximum absolute atomic E-state index is 12.7. The Bertz CT molecular complexity index is 983. The second-order valence-electron chi connectivity index (χ2n) is 7.11.